The van der Waals surface area contributed by atoms with Crippen LogP contribution in [0.25, 0.3) is 44.6 Å². The first-order chi connectivity index (χ1) is 10.3. The van der Waals surface area contributed by atoms with Crippen LogP contribution in [0.15, 0.2) is 53.5 Å². The number of hydrogen-bond donors (Lipinski definition) is 1. The molecule has 0 unspecified atom stereocenters. The van der Waals surface area contributed by atoms with E-state index >= 15 is 0 Å². The summed E-state index contributed by atoms with van der Waals surface area (Å²) in [6, 6.07) is 11.7. The minimum Gasteiger partial charge on any atom is -0.360 e. The third-order valence-corrected chi connectivity index (χ3v) is 4.39. The molecule has 5 rings (SSSR count). The maximum atomic E-state index is 12.4. The molecule has 0 saturated carbocycles. The molecule has 1 aliphatic carbocycles. The molecule has 1 aliphatic rings. The van der Waals surface area contributed by atoms with E-state index in [1.165, 1.54) is 10.8 Å². The summed E-state index contributed by atoms with van der Waals surface area (Å²) in [4.78, 5) is 15.8. The van der Waals surface area contributed by atoms with Gasteiger partial charge in [-0.05, 0) is 28.1 Å². The van der Waals surface area contributed by atoms with E-state index in [9.17, 15) is 4.79 Å². The van der Waals surface area contributed by atoms with Gasteiger partial charge in [0.15, 0.2) is 5.43 Å². The summed E-state index contributed by atoms with van der Waals surface area (Å²) in [5.74, 6) is 0. The zero-order valence-electron chi connectivity index (χ0n) is 11.6. The quantitative estimate of drug-likeness (QED) is 0.493. The maximum absolute atomic E-state index is 12.4. The Hall–Kier alpha value is -2.58. The molecule has 0 radical (unpaired) electrons. The molecular formula is C19H12ClNO. The summed E-state index contributed by atoms with van der Waals surface area (Å²) in [6.45, 7) is 0. The first-order valence-electron chi connectivity index (χ1n) is 7.01. The SMILES string of the molecule is Cl.O=c1cc2c3cc4c(c3[nH]cc2c2ccccc12)C=CC=4. The molecule has 0 bridgehead atoms. The van der Waals surface area contributed by atoms with E-state index in [1.54, 1.807) is 6.07 Å². The Morgan fingerprint density at radius 2 is 1.68 bits per heavy atom. The molecule has 0 spiro atoms. The Balaban J connectivity index is 0.00000125. The smallest absolute Gasteiger partial charge is 0.187 e. The Labute approximate surface area is 132 Å². The second-order valence-electron chi connectivity index (χ2n) is 5.50. The van der Waals surface area contributed by atoms with Gasteiger partial charge in [-0.2, -0.15) is 0 Å². The summed E-state index contributed by atoms with van der Waals surface area (Å²) in [5.41, 5.74) is 2.41. The maximum Gasteiger partial charge on any atom is 0.187 e. The van der Waals surface area contributed by atoms with Crippen LogP contribution in [-0.2, 0) is 0 Å². The molecule has 0 amide bonds. The summed E-state index contributed by atoms with van der Waals surface area (Å²) in [6.07, 6.45) is 8.29. The first-order valence-corrected chi connectivity index (χ1v) is 7.01. The Bertz CT molecular complexity index is 1200. The lowest BCUT2D eigenvalue weighted by atomic mass is 10.0. The van der Waals surface area contributed by atoms with Crippen molar-refractivity contribution >= 4 is 57.0 Å². The summed E-state index contributed by atoms with van der Waals surface area (Å²) >= 11 is 0. The van der Waals surface area contributed by atoms with Crippen LogP contribution < -0.4 is 10.6 Å². The second-order valence-corrected chi connectivity index (χ2v) is 5.50. The Morgan fingerprint density at radius 3 is 2.55 bits per heavy atom. The molecule has 1 aromatic heterocycles. The highest BCUT2D eigenvalue weighted by Gasteiger charge is 2.12. The van der Waals surface area contributed by atoms with Crippen LogP contribution in [0.4, 0.5) is 0 Å². The molecule has 3 aromatic carbocycles. The van der Waals surface area contributed by atoms with Crippen LogP contribution in [0, 0.1) is 0 Å². The second kappa shape index (κ2) is 4.46. The number of fused-ring (bicyclic) bond motifs is 7. The van der Waals surface area contributed by atoms with E-state index < -0.39 is 0 Å². The normalized spacial score (nSPS) is 12.5. The fourth-order valence-electron chi connectivity index (χ4n) is 3.42. The first kappa shape index (κ1) is 13.1. The van der Waals surface area contributed by atoms with Crippen molar-refractivity contribution in [2.75, 3.05) is 0 Å². The van der Waals surface area contributed by atoms with Gasteiger partial charge in [0.2, 0.25) is 0 Å². The highest BCUT2D eigenvalue weighted by atomic mass is 35.5. The van der Waals surface area contributed by atoms with Gasteiger partial charge in [-0.1, -0.05) is 42.5 Å². The number of H-pyrrole nitrogens is 1. The topological polar surface area (TPSA) is 32.9 Å². The van der Waals surface area contributed by atoms with Crippen LogP contribution in [0.5, 0.6) is 0 Å². The van der Waals surface area contributed by atoms with Crippen molar-refractivity contribution in [3.05, 3.63) is 69.7 Å². The molecule has 0 fully saturated rings. The number of rotatable bonds is 0. The molecule has 1 heterocycles. The Kier molecular flexibility index (Phi) is 2.65. The van der Waals surface area contributed by atoms with Crippen molar-refractivity contribution in [2.24, 2.45) is 0 Å². The standard InChI is InChI=1S/C19H11NO.ClH/c21-18-9-15-16-8-11-4-3-7-12(11)19(16)20-10-17(15)13-5-1-2-6-14(13)18;/h1-10,20H;1H. The van der Waals surface area contributed by atoms with Crippen LogP contribution in [-0.4, -0.2) is 4.98 Å². The fourth-order valence-corrected chi connectivity index (χ4v) is 3.42. The number of benzene rings is 2. The van der Waals surface area contributed by atoms with E-state index in [0.29, 0.717) is 0 Å². The van der Waals surface area contributed by atoms with E-state index in [2.05, 4.69) is 29.3 Å². The van der Waals surface area contributed by atoms with Crippen LogP contribution in [0.3, 0.4) is 0 Å². The van der Waals surface area contributed by atoms with Crippen LogP contribution in [0.1, 0.15) is 5.56 Å². The van der Waals surface area contributed by atoms with Crippen molar-refractivity contribution < 1.29 is 0 Å². The molecule has 0 saturated heterocycles. The lowest BCUT2D eigenvalue weighted by Gasteiger charge is -2.05. The van der Waals surface area contributed by atoms with E-state index in [0.717, 1.165) is 32.4 Å². The molecule has 1 N–H and O–H groups in total. The van der Waals surface area contributed by atoms with Crippen molar-refractivity contribution in [1.29, 1.82) is 0 Å². The predicted molar refractivity (Wildman–Crippen MR) is 95.5 cm³/mol. The highest BCUT2D eigenvalue weighted by molar-refractivity contribution is 6.17. The predicted octanol–water partition coefficient (Wildman–Crippen LogP) is 3.78. The number of aromatic nitrogens is 1. The van der Waals surface area contributed by atoms with Gasteiger partial charge in [0.25, 0.3) is 0 Å². The average molecular weight is 306 g/mol. The summed E-state index contributed by atoms with van der Waals surface area (Å²) in [7, 11) is 0. The van der Waals surface area contributed by atoms with Gasteiger partial charge in [0, 0.05) is 27.9 Å². The fraction of sp³-hybridized carbons (Fsp3) is 0. The lowest BCUT2D eigenvalue weighted by molar-refractivity contribution is 1.45. The van der Waals surface area contributed by atoms with Gasteiger partial charge in [0.1, 0.15) is 0 Å². The minimum atomic E-state index is 0. The van der Waals surface area contributed by atoms with E-state index in [1.807, 2.05) is 30.5 Å². The molecule has 0 aliphatic heterocycles. The molecular weight excluding hydrogens is 294 g/mol. The van der Waals surface area contributed by atoms with Gasteiger partial charge in [-0.25, -0.2) is 0 Å². The molecule has 2 nitrogen and oxygen atoms in total. The van der Waals surface area contributed by atoms with E-state index in [-0.39, 0.29) is 17.8 Å². The lowest BCUT2D eigenvalue weighted by Crippen LogP contribution is -1.99. The van der Waals surface area contributed by atoms with Gasteiger partial charge in [-0.3, -0.25) is 4.79 Å². The molecule has 0 atom stereocenters. The summed E-state index contributed by atoms with van der Waals surface area (Å²) in [5, 5.41) is 6.27. The third-order valence-electron chi connectivity index (χ3n) is 4.39. The number of hydrogen-bond acceptors (Lipinski definition) is 1. The molecule has 3 heteroatoms. The van der Waals surface area contributed by atoms with Crippen LogP contribution >= 0.6 is 12.4 Å². The largest absolute Gasteiger partial charge is 0.360 e. The van der Waals surface area contributed by atoms with Crippen molar-refractivity contribution in [3.63, 3.8) is 0 Å². The third kappa shape index (κ3) is 1.53. The average Bonchev–Trinajstić information content (AvgIpc) is 3.08. The molecule has 106 valence electrons. The number of halogens is 1. The molecule has 4 aromatic rings. The molecule has 22 heavy (non-hydrogen) atoms. The van der Waals surface area contributed by atoms with Gasteiger partial charge in [0.05, 0.1) is 5.52 Å². The van der Waals surface area contributed by atoms with Gasteiger partial charge < -0.3 is 4.98 Å². The monoisotopic (exact) mass is 305 g/mol. The number of pyridine rings is 1. The van der Waals surface area contributed by atoms with Crippen molar-refractivity contribution in [2.45, 2.75) is 0 Å². The number of allylic oxidation sites excluding steroid dienone is 1. The zero-order chi connectivity index (χ0) is 14.0. The van der Waals surface area contributed by atoms with Crippen molar-refractivity contribution in [3.8, 4) is 0 Å². The number of nitrogens with one attached hydrogen (secondary N) is 1. The zero-order valence-corrected chi connectivity index (χ0v) is 12.4. The van der Waals surface area contributed by atoms with E-state index in [4.69, 9.17) is 0 Å². The summed E-state index contributed by atoms with van der Waals surface area (Å²) < 4.78 is 0. The van der Waals surface area contributed by atoms with Gasteiger partial charge >= 0.3 is 0 Å². The Morgan fingerprint density at radius 1 is 0.864 bits per heavy atom. The van der Waals surface area contributed by atoms with Gasteiger partial charge in [-0.15, -0.1) is 12.4 Å². The highest BCUT2D eigenvalue weighted by Crippen LogP contribution is 2.29. The number of aromatic amines is 1. The van der Waals surface area contributed by atoms with Crippen molar-refractivity contribution in [1.82, 2.24) is 4.98 Å². The van der Waals surface area contributed by atoms with Crippen LogP contribution in [0.2, 0.25) is 0 Å². The minimum absolute atomic E-state index is 0.